The highest BCUT2D eigenvalue weighted by Gasteiger charge is 2.30. The van der Waals surface area contributed by atoms with E-state index in [1.807, 2.05) is 0 Å². The molecule has 0 unspecified atom stereocenters. The van der Waals surface area contributed by atoms with Crippen molar-refractivity contribution in [1.82, 2.24) is 0 Å². The summed E-state index contributed by atoms with van der Waals surface area (Å²) in [5, 5.41) is 0. The van der Waals surface area contributed by atoms with Gasteiger partial charge in [-0.2, -0.15) is 0 Å². The third-order valence-electron chi connectivity index (χ3n) is 6.77. The normalized spacial score (nSPS) is 32.8. The lowest BCUT2D eigenvalue weighted by molar-refractivity contribution is 0.158. The highest BCUT2D eigenvalue weighted by Crippen LogP contribution is 2.44. The summed E-state index contributed by atoms with van der Waals surface area (Å²) in [5.41, 5.74) is 3.08. The van der Waals surface area contributed by atoms with Crippen molar-refractivity contribution in [3.63, 3.8) is 0 Å². The second kappa shape index (κ2) is 7.66. The molecule has 2 saturated carbocycles. The first-order chi connectivity index (χ1) is 10.8. The fourth-order valence-corrected chi connectivity index (χ4v) is 5.02. The van der Waals surface area contributed by atoms with Crippen molar-refractivity contribution in [2.45, 2.75) is 84.0 Å². The number of aryl methyl sites for hydroxylation is 1. The molecule has 2 aliphatic carbocycles. The summed E-state index contributed by atoms with van der Waals surface area (Å²) >= 11 is 0. The van der Waals surface area contributed by atoms with E-state index in [9.17, 15) is 0 Å². The van der Waals surface area contributed by atoms with Crippen molar-refractivity contribution < 1.29 is 0 Å². The van der Waals surface area contributed by atoms with Gasteiger partial charge in [-0.25, -0.2) is 0 Å². The average molecular weight is 299 g/mol. The van der Waals surface area contributed by atoms with Crippen LogP contribution in [-0.2, 0) is 6.42 Å². The summed E-state index contributed by atoms with van der Waals surface area (Å²) < 4.78 is 0. The fraction of sp³-hybridized carbons (Fsp3) is 0.727. The summed E-state index contributed by atoms with van der Waals surface area (Å²) in [4.78, 5) is 0. The summed E-state index contributed by atoms with van der Waals surface area (Å²) in [6, 6.07) is 9.48. The maximum atomic E-state index is 2.40. The molecule has 0 spiro atoms. The SMILES string of the molecule is CCc1ccc(C2CCC([C@H]3CC[C@H](CC)CC3)CC2)cc1. The molecule has 0 N–H and O–H groups in total. The van der Waals surface area contributed by atoms with Crippen LogP contribution >= 0.6 is 0 Å². The van der Waals surface area contributed by atoms with Crippen LogP contribution in [0.3, 0.4) is 0 Å². The molecule has 122 valence electrons. The molecular formula is C22H34. The van der Waals surface area contributed by atoms with E-state index in [4.69, 9.17) is 0 Å². The van der Waals surface area contributed by atoms with Gasteiger partial charge in [0.1, 0.15) is 0 Å². The lowest BCUT2D eigenvalue weighted by Gasteiger charge is -2.38. The van der Waals surface area contributed by atoms with Crippen LogP contribution in [-0.4, -0.2) is 0 Å². The predicted molar refractivity (Wildman–Crippen MR) is 96.3 cm³/mol. The summed E-state index contributed by atoms with van der Waals surface area (Å²) in [6.45, 7) is 4.62. The molecule has 0 amide bonds. The number of benzene rings is 1. The Morgan fingerprint density at radius 3 is 1.77 bits per heavy atom. The second-order valence-corrected chi connectivity index (χ2v) is 7.90. The van der Waals surface area contributed by atoms with Crippen molar-refractivity contribution >= 4 is 0 Å². The molecule has 3 rings (SSSR count). The molecule has 2 aliphatic rings. The van der Waals surface area contributed by atoms with E-state index >= 15 is 0 Å². The van der Waals surface area contributed by atoms with Gasteiger partial charge in [-0.05, 0) is 79.7 Å². The first kappa shape index (κ1) is 16.1. The molecule has 0 heterocycles. The monoisotopic (exact) mass is 298 g/mol. The van der Waals surface area contributed by atoms with Gasteiger partial charge in [-0.15, -0.1) is 0 Å². The lowest BCUT2D eigenvalue weighted by Crippen LogP contribution is -2.25. The van der Waals surface area contributed by atoms with Crippen molar-refractivity contribution in [2.24, 2.45) is 17.8 Å². The predicted octanol–water partition coefficient (Wildman–Crippen LogP) is 6.74. The molecule has 1 aromatic rings. The average Bonchev–Trinajstić information content (AvgIpc) is 2.62. The maximum absolute atomic E-state index is 2.40. The van der Waals surface area contributed by atoms with Crippen LogP contribution in [0.2, 0.25) is 0 Å². The maximum Gasteiger partial charge on any atom is -0.0162 e. The molecule has 22 heavy (non-hydrogen) atoms. The topological polar surface area (TPSA) is 0 Å². The van der Waals surface area contributed by atoms with Crippen LogP contribution in [0.4, 0.5) is 0 Å². The number of rotatable bonds is 4. The van der Waals surface area contributed by atoms with Crippen LogP contribution in [0.1, 0.15) is 88.7 Å². The van der Waals surface area contributed by atoms with Gasteiger partial charge < -0.3 is 0 Å². The first-order valence-electron chi connectivity index (χ1n) is 9.89. The van der Waals surface area contributed by atoms with Gasteiger partial charge in [0.15, 0.2) is 0 Å². The molecule has 1 aromatic carbocycles. The van der Waals surface area contributed by atoms with Crippen LogP contribution in [0.15, 0.2) is 24.3 Å². The third-order valence-corrected chi connectivity index (χ3v) is 6.77. The Kier molecular flexibility index (Phi) is 5.61. The second-order valence-electron chi connectivity index (χ2n) is 7.90. The van der Waals surface area contributed by atoms with Gasteiger partial charge in [-0.3, -0.25) is 0 Å². The van der Waals surface area contributed by atoms with Crippen molar-refractivity contribution in [1.29, 1.82) is 0 Å². The van der Waals surface area contributed by atoms with E-state index in [1.54, 1.807) is 5.56 Å². The van der Waals surface area contributed by atoms with Crippen molar-refractivity contribution in [3.8, 4) is 0 Å². The van der Waals surface area contributed by atoms with Gasteiger partial charge in [0, 0.05) is 0 Å². The minimum absolute atomic E-state index is 0.842. The zero-order valence-electron chi connectivity index (χ0n) is 14.7. The molecule has 2 fully saturated rings. The molecule has 0 aliphatic heterocycles. The molecule has 0 aromatic heterocycles. The highest BCUT2D eigenvalue weighted by atomic mass is 14.4. The highest BCUT2D eigenvalue weighted by molar-refractivity contribution is 5.25. The fourth-order valence-electron chi connectivity index (χ4n) is 5.02. The zero-order valence-corrected chi connectivity index (χ0v) is 14.7. The minimum Gasteiger partial charge on any atom is -0.0651 e. The summed E-state index contributed by atoms with van der Waals surface area (Å²) in [7, 11) is 0. The standard InChI is InChI=1S/C22H34/c1-3-17-5-9-19(10-6-17)21-13-15-22(16-14-21)20-11-7-18(4-2)8-12-20/h5-6,9-10,18,20-22H,3-4,7-8,11-16H2,1-2H3/t18-,20-,21?,22?. The lowest BCUT2D eigenvalue weighted by atomic mass is 9.68. The molecule has 0 radical (unpaired) electrons. The Morgan fingerprint density at radius 1 is 0.727 bits per heavy atom. The summed E-state index contributed by atoms with van der Waals surface area (Å²) in [6.07, 6.45) is 14.5. The van der Waals surface area contributed by atoms with Gasteiger partial charge in [-0.1, -0.05) is 57.4 Å². The summed E-state index contributed by atoms with van der Waals surface area (Å²) in [5.74, 6) is 3.99. The molecule has 0 heteroatoms. The zero-order chi connectivity index (χ0) is 15.4. The van der Waals surface area contributed by atoms with E-state index < -0.39 is 0 Å². The van der Waals surface area contributed by atoms with Gasteiger partial charge in [0.2, 0.25) is 0 Å². The van der Waals surface area contributed by atoms with E-state index in [-0.39, 0.29) is 0 Å². The number of hydrogen-bond donors (Lipinski definition) is 0. The Labute approximate surface area is 137 Å². The van der Waals surface area contributed by atoms with Gasteiger partial charge >= 0.3 is 0 Å². The molecule has 0 atom stereocenters. The Balaban J connectivity index is 1.49. The van der Waals surface area contributed by atoms with Gasteiger partial charge in [0.25, 0.3) is 0 Å². The van der Waals surface area contributed by atoms with Crippen LogP contribution < -0.4 is 0 Å². The minimum atomic E-state index is 0.842. The van der Waals surface area contributed by atoms with E-state index in [1.165, 1.54) is 63.4 Å². The Morgan fingerprint density at radius 2 is 1.27 bits per heavy atom. The van der Waals surface area contributed by atoms with E-state index in [2.05, 4.69) is 38.1 Å². The van der Waals surface area contributed by atoms with Crippen LogP contribution in [0.5, 0.6) is 0 Å². The van der Waals surface area contributed by atoms with Crippen molar-refractivity contribution in [2.75, 3.05) is 0 Å². The smallest absolute Gasteiger partial charge is 0.0162 e. The van der Waals surface area contributed by atoms with E-state index in [0.29, 0.717) is 0 Å². The van der Waals surface area contributed by atoms with Gasteiger partial charge in [0.05, 0.1) is 0 Å². The number of hydrogen-bond acceptors (Lipinski definition) is 0. The van der Waals surface area contributed by atoms with Crippen LogP contribution in [0, 0.1) is 17.8 Å². The Hall–Kier alpha value is -0.780. The molecular weight excluding hydrogens is 264 g/mol. The largest absolute Gasteiger partial charge is 0.0651 e. The quantitative estimate of drug-likeness (QED) is 0.577. The third kappa shape index (κ3) is 3.76. The van der Waals surface area contributed by atoms with Crippen molar-refractivity contribution in [3.05, 3.63) is 35.4 Å². The first-order valence-corrected chi connectivity index (χ1v) is 9.89. The molecule has 0 bridgehead atoms. The van der Waals surface area contributed by atoms with E-state index in [0.717, 1.165) is 30.1 Å². The Bertz CT molecular complexity index is 428. The molecule has 0 nitrogen and oxygen atoms in total. The van der Waals surface area contributed by atoms with Crippen LogP contribution in [0.25, 0.3) is 0 Å². The molecule has 0 saturated heterocycles.